The highest BCUT2D eigenvalue weighted by molar-refractivity contribution is 7.18. The lowest BCUT2D eigenvalue weighted by molar-refractivity contribution is 0.0605. The minimum Gasteiger partial charge on any atom is -0.465 e. The number of hydrogen-bond donors (Lipinski definition) is 1. The third-order valence-electron chi connectivity index (χ3n) is 2.82. The van der Waals surface area contributed by atoms with Gasteiger partial charge in [-0.15, -0.1) is 11.3 Å². The van der Waals surface area contributed by atoms with Crippen LogP contribution in [0, 0.1) is 25.2 Å². The van der Waals surface area contributed by atoms with Crippen LogP contribution >= 0.6 is 11.3 Å². The van der Waals surface area contributed by atoms with Crippen molar-refractivity contribution in [3.05, 3.63) is 39.7 Å². The zero-order valence-electron chi connectivity index (χ0n) is 11.6. The van der Waals surface area contributed by atoms with Gasteiger partial charge in [0.05, 0.1) is 12.7 Å². The number of thiophene rings is 1. The van der Waals surface area contributed by atoms with Crippen molar-refractivity contribution in [3.63, 3.8) is 0 Å². The fourth-order valence-corrected chi connectivity index (χ4v) is 2.82. The number of rotatable bonds is 3. The fraction of sp³-hybridized carbons (Fsp3) is 0.214. The number of aryl methyl sites for hydroxylation is 1. The fourth-order valence-electron chi connectivity index (χ4n) is 1.74. The lowest BCUT2D eigenvalue weighted by atomic mass is 10.2. The molecule has 7 heteroatoms. The molecule has 21 heavy (non-hydrogen) atoms. The molecule has 0 unspecified atom stereocenters. The molecule has 2 aromatic rings. The van der Waals surface area contributed by atoms with Crippen molar-refractivity contribution in [1.82, 2.24) is 0 Å². The van der Waals surface area contributed by atoms with Crippen molar-refractivity contribution in [2.45, 2.75) is 13.8 Å². The molecule has 108 valence electrons. The van der Waals surface area contributed by atoms with Crippen LogP contribution in [0.3, 0.4) is 0 Å². The lowest BCUT2D eigenvalue weighted by Gasteiger charge is -2.00. The number of nitrogens with zero attached hydrogens (tertiary/aromatic N) is 1. The Morgan fingerprint density at radius 3 is 2.62 bits per heavy atom. The van der Waals surface area contributed by atoms with Gasteiger partial charge < -0.3 is 14.5 Å². The van der Waals surface area contributed by atoms with Crippen molar-refractivity contribution in [2.24, 2.45) is 0 Å². The quantitative estimate of drug-likeness (QED) is 0.880. The number of methoxy groups -OCH3 is 1. The molecule has 0 radical (unpaired) electrons. The molecule has 2 aromatic heterocycles. The highest BCUT2D eigenvalue weighted by atomic mass is 32.1. The maximum atomic E-state index is 12.0. The Morgan fingerprint density at radius 2 is 2.10 bits per heavy atom. The van der Waals surface area contributed by atoms with Gasteiger partial charge in [0.15, 0.2) is 5.76 Å². The summed E-state index contributed by atoms with van der Waals surface area (Å²) in [5.41, 5.74) is 0.734. The third kappa shape index (κ3) is 2.80. The van der Waals surface area contributed by atoms with Crippen molar-refractivity contribution in [3.8, 4) is 6.07 Å². The SMILES string of the molecule is COC(=O)c1sc(NC(=O)c2ccc(C)o2)c(C#N)c1C. The lowest BCUT2D eigenvalue weighted by Crippen LogP contribution is -2.10. The van der Waals surface area contributed by atoms with E-state index in [4.69, 9.17) is 4.42 Å². The first-order chi connectivity index (χ1) is 9.97. The summed E-state index contributed by atoms with van der Waals surface area (Å²) in [7, 11) is 1.26. The number of hydrogen-bond acceptors (Lipinski definition) is 6. The molecule has 0 saturated heterocycles. The van der Waals surface area contributed by atoms with Gasteiger partial charge in [0.25, 0.3) is 5.91 Å². The molecule has 0 spiro atoms. The second-order valence-corrected chi connectivity index (χ2v) is 5.25. The number of nitriles is 1. The maximum absolute atomic E-state index is 12.0. The van der Waals surface area contributed by atoms with Crippen LogP contribution < -0.4 is 5.32 Å². The molecule has 0 fully saturated rings. The predicted molar refractivity (Wildman–Crippen MR) is 76.5 cm³/mol. The summed E-state index contributed by atoms with van der Waals surface area (Å²) < 4.78 is 9.87. The zero-order chi connectivity index (χ0) is 15.6. The first-order valence-corrected chi connectivity index (χ1v) is 6.79. The molecule has 0 atom stereocenters. The van der Waals surface area contributed by atoms with Gasteiger partial charge in [0.2, 0.25) is 0 Å². The predicted octanol–water partition coefficient (Wildman–Crippen LogP) is 2.87. The average molecular weight is 304 g/mol. The summed E-state index contributed by atoms with van der Waals surface area (Å²) in [5.74, 6) is -0.263. The Morgan fingerprint density at radius 1 is 1.38 bits per heavy atom. The molecule has 1 amide bonds. The number of amides is 1. The van der Waals surface area contributed by atoms with Gasteiger partial charge in [-0.05, 0) is 31.5 Å². The summed E-state index contributed by atoms with van der Waals surface area (Å²) in [6.07, 6.45) is 0. The molecule has 0 aliphatic rings. The Hall–Kier alpha value is -2.59. The van der Waals surface area contributed by atoms with E-state index < -0.39 is 11.9 Å². The van der Waals surface area contributed by atoms with E-state index in [1.807, 2.05) is 6.07 Å². The summed E-state index contributed by atoms with van der Waals surface area (Å²) >= 11 is 1.00. The van der Waals surface area contributed by atoms with Gasteiger partial charge in [0.1, 0.15) is 21.7 Å². The first kappa shape index (κ1) is 14.8. The van der Waals surface area contributed by atoms with E-state index in [-0.39, 0.29) is 11.3 Å². The second kappa shape index (κ2) is 5.81. The van der Waals surface area contributed by atoms with Crippen molar-refractivity contribution in [2.75, 3.05) is 12.4 Å². The molecule has 0 bridgehead atoms. The van der Waals surface area contributed by atoms with Crippen molar-refractivity contribution in [1.29, 1.82) is 5.26 Å². The number of anilines is 1. The molecular weight excluding hydrogens is 292 g/mol. The van der Waals surface area contributed by atoms with E-state index >= 15 is 0 Å². The smallest absolute Gasteiger partial charge is 0.348 e. The minimum absolute atomic E-state index is 0.141. The minimum atomic E-state index is -0.539. The van der Waals surface area contributed by atoms with Gasteiger partial charge in [-0.3, -0.25) is 4.79 Å². The molecule has 2 rings (SSSR count). The van der Waals surface area contributed by atoms with E-state index in [0.717, 1.165) is 11.3 Å². The molecule has 1 N–H and O–H groups in total. The number of ether oxygens (including phenoxy) is 1. The van der Waals surface area contributed by atoms with Crippen LogP contribution in [0.25, 0.3) is 0 Å². The first-order valence-electron chi connectivity index (χ1n) is 5.97. The molecular formula is C14H12N2O4S. The van der Waals surface area contributed by atoms with Crippen LogP contribution in [0.5, 0.6) is 0 Å². The van der Waals surface area contributed by atoms with Crippen molar-refractivity contribution < 1.29 is 18.7 Å². The van der Waals surface area contributed by atoms with Crippen LogP contribution in [0.4, 0.5) is 5.00 Å². The summed E-state index contributed by atoms with van der Waals surface area (Å²) in [4.78, 5) is 23.9. The van der Waals surface area contributed by atoms with Crippen LogP contribution in [-0.4, -0.2) is 19.0 Å². The Balaban J connectivity index is 2.34. The summed E-state index contributed by atoms with van der Waals surface area (Å²) in [6, 6.07) is 5.19. The topological polar surface area (TPSA) is 92.3 Å². The highest BCUT2D eigenvalue weighted by Gasteiger charge is 2.22. The number of esters is 1. The third-order valence-corrected chi connectivity index (χ3v) is 4.01. The molecule has 6 nitrogen and oxygen atoms in total. The second-order valence-electron chi connectivity index (χ2n) is 4.23. The van der Waals surface area contributed by atoms with Crippen molar-refractivity contribution >= 4 is 28.2 Å². The average Bonchev–Trinajstić information content (AvgIpc) is 3.02. The van der Waals surface area contributed by atoms with E-state index in [1.165, 1.54) is 7.11 Å². The standard InChI is InChI=1S/C14H12N2O4S/c1-7-4-5-10(20-7)12(17)16-13-9(6-15)8(2)11(21-13)14(18)19-3/h4-5H,1-3H3,(H,16,17). The molecule has 0 aliphatic heterocycles. The van der Waals surface area contributed by atoms with E-state index in [1.54, 1.807) is 26.0 Å². The zero-order valence-corrected chi connectivity index (χ0v) is 12.5. The summed E-state index contributed by atoms with van der Waals surface area (Å²) in [5, 5.41) is 12.1. The van der Waals surface area contributed by atoms with Gasteiger partial charge >= 0.3 is 5.97 Å². The van der Waals surface area contributed by atoms with Crippen LogP contribution in [0.1, 0.15) is 37.1 Å². The Labute approximate surface area is 124 Å². The van der Waals surface area contributed by atoms with Crippen LogP contribution in [0.15, 0.2) is 16.5 Å². The van der Waals surface area contributed by atoms with Gasteiger partial charge in [-0.1, -0.05) is 0 Å². The molecule has 0 aromatic carbocycles. The number of nitrogens with one attached hydrogen (secondary N) is 1. The van der Waals surface area contributed by atoms with E-state index in [0.29, 0.717) is 21.2 Å². The van der Waals surface area contributed by atoms with Gasteiger partial charge in [-0.2, -0.15) is 5.26 Å². The normalized spacial score (nSPS) is 10.0. The van der Waals surface area contributed by atoms with Gasteiger partial charge in [0, 0.05) is 0 Å². The number of carbonyl (C=O) groups is 2. The Bertz CT molecular complexity index is 752. The molecule has 0 saturated carbocycles. The highest BCUT2D eigenvalue weighted by Crippen LogP contribution is 2.33. The Kier molecular flexibility index (Phi) is 4.10. The largest absolute Gasteiger partial charge is 0.465 e. The molecule has 0 aliphatic carbocycles. The summed E-state index contributed by atoms with van der Waals surface area (Å²) in [6.45, 7) is 3.36. The molecule has 2 heterocycles. The number of carbonyl (C=O) groups excluding carboxylic acids is 2. The maximum Gasteiger partial charge on any atom is 0.348 e. The number of furan rings is 1. The van der Waals surface area contributed by atoms with Gasteiger partial charge in [-0.25, -0.2) is 4.79 Å². The van der Waals surface area contributed by atoms with Crippen LogP contribution in [0.2, 0.25) is 0 Å². The van der Waals surface area contributed by atoms with E-state index in [2.05, 4.69) is 10.1 Å². The van der Waals surface area contributed by atoms with Crippen LogP contribution in [-0.2, 0) is 4.74 Å². The monoisotopic (exact) mass is 304 g/mol. The van der Waals surface area contributed by atoms with E-state index in [9.17, 15) is 14.9 Å².